The van der Waals surface area contributed by atoms with Crippen molar-refractivity contribution < 1.29 is 9.53 Å². The third-order valence-corrected chi connectivity index (χ3v) is 6.92. The standard InChI is InChI=1S/C22H20Cl2N2O2S/c1-4-28-20(27)18-13(2)26-19(14-5-9-16(23)10-6-14)22(3,25-21(26)29-18)15-7-11-17(24)12-8-15/h5-12,19H,4H2,1-3H3/t19-,22+/m1/s1. The maximum Gasteiger partial charge on any atom is 0.346 e. The van der Waals surface area contributed by atoms with Gasteiger partial charge in [0.05, 0.1) is 12.6 Å². The van der Waals surface area contributed by atoms with Crippen LogP contribution in [0.15, 0.2) is 64.1 Å². The van der Waals surface area contributed by atoms with Crippen molar-refractivity contribution in [3.05, 3.63) is 80.3 Å². The SMILES string of the molecule is CCOC(=O)C1=C(C)N2C(=N[C@@](C)(c3ccc(Cl)cc3)[C@H]2c2ccc(Cl)cc2)S1. The number of aliphatic imine (C=N–C) groups is 1. The van der Waals surface area contributed by atoms with E-state index in [2.05, 4.69) is 11.8 Å². The average Bonchev–Trinajstić information content (AvgIpc) is 3.16. The Balaban J connectivity index is 1.84. The Morgan fingerprint density at radius 3 is 2.31 bits per heavy atom. The fourth-order valence-corrected chi connectivity index (χ4v) is 5.27. The number of halogens is 2. The predicted octanol–water partition coefficient (Wildman–Crippen LogP) is 6.16. The Bertz CT molecular complexity index is 1020. The van der Waals surface area contributed by atoms with Gasteiger partial charge in [0.2, 0.25) is 0 Å². The maximum absolute atomic E-state index is 12.4. The first kappa shape index (κ1) is 20.3. The highest BCUT2D eigenvalue weighted by atomic mass is 35.5. The molecule has 2 aliphatic heterocycles. The second kappa shape index (κ2) is 7.71. The van der Waals surface area contributed by atoms with Crippen molar-refractivity contribution in [3.8, 4) is 0 Å². The van der Waals surface area contributed by atoms with Gasteiger partial charge in [-0.05, 0) is 67.9 Å². The predicted molar refractivity (Wildman–Crippen MR) is 119 cm³/mol. The molecular formula is C22H20Cl2N2O2S. The van der Waals surface area contributed by atoms with Gasteiger partial charge in [0.15, 0.2) is 5.17 Å². The first-order chi connectivity index (χ1) is 13.8. The number of benzene rings is 2. The number of hydrogen-bond acceptors (Lipinski definition) is 5. The average molecular weight is 447 g/mol. The Labute approximate surface area is 184 Å². The normalized spacial score (nSPS) is 23.3. The molecule has 0 fully saturated rings. The molecule has 150 valence electrons. The van der Waals surface area contributed by atoms with Crippen molar-refractivity contribution in [1.82, 2.24) is 4.90 Å². The van der Waals surface area contributed by atoms with E-state index in [0.29, 0.717) is 21.6 Å². The van der Waals surface area contributed by atoms with Gasteiger partial charge in [-0.1, -0.05) is 47.5 Å². The summed E-state index contributed by atoms with van der Waals surface area (Å²) in [4.78, 5) is 20.2. The molecule has 4 rings (SSSR count). The summed E-state index contributed by atoms with van der Waals surface area (Å²) in [5, 5.41) is 2.15. The lowest BCUT2D eigenvalue weighted by molar-refractivity contribution is -0.137. The van der Waals surface area contributed by atoms with Crippen molar-refractivity contribution in [1.29, 1.82) is 0 Å². The van der Waals surface area contributed by atoms with Crippen LogP contribution in [-0.2, 0) is 15.1 Å². The number of fused-ring (bicyclic) bond motifs is 1. The molecule has 0 aromatic heterocycles. The van der Waals surface area contributed by atoms with Crippen LogP contribution in [0, 0.1) is 0 Å². The fourth-order valence-electron chi connectivity index (χ4n) is 3.87. The molecule has 2 heterocycles. The first-order valence-corrected chi connectivity index (χ1v) is 10.9. The molecule has 0 amide bonds. The van der Waals surface area contributed by atoms with Gasteiger partial charge in [0.25, 0.3) is 0 Å². The number of ether oxygens (including phenoxy) is 1. The smallest absolute Gasteiger partial charge is 0.346 e. The van der Waals surface area contributed by atoms with E-state index in [-0.39, 0.29) is 12.0 Å². The highest BCUT2D eigenvalue weighted by Gasteiger charge is 2.51. The van der Waals surface area contributed by atoms with Crippen LogP contribution in [0.5, 0.6) is 0 Å². The van der Waals surface area contributed by atoms with E-state index in [1.807, 2.05) is 55.5 Å². The summed E-state index contributed by atoms with van der Waals surface area (Å²) >= 11 is 13.6. The molecule has 29 heavy (non-hydrogen) atoms. The summed E-state index contributed by atoms with van der Waals surface area (Å²) in [5.74, 6) is -0.310. The molecule has 7 heteroatoms. The minimum absolute atomic E-state index is 0.129. The van der Waals surface area contributed by atoms with E-state index in [4.69, 9.17) is 32.9 Å². The second-order valence-corrected chi connectivity index (χ2v) is 8.96. The van der Waals surface area contributed by atoms with E-state index in [9.17, 15) is 4.79 Å². The molecule has 0 saturated heterocycles. The third kappa shape index (κ3) is 3.45. The van der Waals surface area contributed by atoms with E-state index in [1.54, 1.807) is 6.92 Å². The van der Waals surface area contributed by atoms with E-state index < -0.39 is 5.54 Å². The number of nitrogens with zero attached hydrogens (tertiary/aromatic N) is 2. The van der Waals surface area contributed by atoms with Crippen molar-refractivity contribution in [2.75, 3.05) is 6.61 Å². The molecule has 0 unspecified atom stereocenters. The zero-order chi connectivity index (χ0) is 20.8. The first-order valence-electron chi connectivity index (χ1n) is 9.31. The Hall–Kier alpha value is -1.95. The molecular weight excluding hydrogens is 427 g/mol. The summed E-state index contributed by atoms with van der Waals surface area (Å²) < 4.78 is 5.24. The number of amidine groups is 1. The molecule has 2 atom stereocenters. The van der Waals surface area contributed by atoms with Gasteiger partial charge in [-0.25, -0.2) is 9.79 Å². The number of thioether (sulfide) groups is 1. The Morgan fingerprint density at radius 2 is 1.72 bits per heavy atom. The van der Waals surface area contributed by atoms with E-state index >= 15 is 0 Å². The number of hydrogen-bond donors (Lipinski definition) is 0. The molecule has 2 aliphatic rings. The van der Waals surface area contributed by atoms with Crippen LogP contribution in [0.1, 0.15) is 37.9 Å². The van der Waals surface area contributed by atoms with Gasteiger partial charge in [-0.2, -0.15) is 0 Å². The summed E-state index contributed by atoms with van der Waals surface area (Å²) in [7, 11) is 0. The zero-order valence-electron chi connectivity index (χ0n) is 16.3. The van der Waals surface area contributed by atoms with Crippen LogP contribution in [0.3, 0.4) is 0 Å². The Morgan fingerprint density at radius 1 is 1.14 bits per heavy atom. The summed E-state index contributed by atoms with van der Waals surface area (Å²) in [5.41, 5.74) is 2.41. The Kier molecular flexibility index (Phi) is 5.40. The van der Waals surface area contributed by atoms with Crippen LogP contribution in [0.4, 0.5) is 0 Å². The van der Waals surface area contributed by atoms with Crippen molar-refractivity contribution in [2.45, 2.75) is 32.4 Å². The van der Waals surface area contributed by atoms with Gasteiger partial charge in [0, 0.05) is 15.7 Å². The van der Waals surface area contributed by atoms with E-state index in [0.717, 1.165) is 22.0 Å². The number of esters is 1. The van der Waals surface area contributed by atoms with Crippen LogP contribution in [0.25, 0.3) is 0 Å². The molecule has 2 aromatic carbocycles. The number of rotatable bonds is 4. The quantitative estimate of drug-likeness (QED) is 0.527. The molecule has 2 aromatic rings. The number of allylic oxidation sites excluding steroid dienone is 1. The highest BCUT2D eigenvalue weighted by molar-refractivity contribution is 8.18. The van der Waals surface area contributed by atoms with Crippen LogP contribution in [-0.4, -0.2) is 22.6 Å². The monoisotopic (exact) mass is 446 g/mol. The summed E-state index contributed by atoms with van der Waals surface area (Å²) in [6, 6.07) is 15.4. The lowest BCUT2D eigenvalue weighted by atomic mass is 9.81. The van der Waals surface area contributed by atoms with Gasteiger partial charge in [-0.3, -0.25) is 0 Å². The molecule has 0 saturated carbocycles. The largest absolute Gasteiger partial charge is 0.462 e. The molecule has 0 radical (unpaired) electrons. The van der Waals surface area contributed by atoms with E-state index in [1.165, 1.54) is 11.8 Å². The summed E-state index contributed by atoms with van der Waals surface area (Å²) in [6.45, 7) is 6.20. The van der Waals surface area contributed by atoms with Crippen LogP contribution < -0.4 is 0 Å². The topological polar surface area (TPSA) is 41.9 Å². The van der Waals surface area contributed by atoms with Gasteiger partial charge < -0.3 is 9.64 Å². The molecule has 0 N–H and O–H groups in total. The van der Waals surface area contributed by atoms with Gasteiger partial charge in [-0.15, -0.1) is 0 Å². The minimum Gasteiger partial charge on any atom is -0.462 e. The number of carbonyl (C=O) groups is 1. The van der Waals surface area contributed by atoms with Crippen LogP contribution in [0.2, 0.25) is 10.0 Å². The molecule has 0 aliphatic carbocycles. The minimum atomic E-state index is -0.553. The highest BCUT2D eigenvalue weighted by Crippen LogP contribution is 2.54. The number of carbonyl (C=O) groups excluding carboxylic acids is 1. The molecule has 0 bridgehead atoms. The molecule has 0 spiro atoms. The zero-order valence-corrected chi connectivity index (χ0v) is 18.6. The van der Waals surface area contributed by atoms with Crippen LogP contribution >= 0.6 is 35.0 Å². The maximum atomic E-state index is 12.4. The van der Waals surface area contributed by atoms with Crippen molar-refractivity contribution in [2.24, 2.45) is 4.99 Å². The summed E-state index contributed by atoms with van der Waals surface area (Å²) in [6.07, 6.45) is 0. The molecule has 4 nitrogen and oxygen atoms in total. The van der Waals surface area contributed by atoms with Crippen molar-refractivity contribution in [3.63, 3.8) is 0 Å². The van der Waals surface area contributed by atoms with Crippen molar-refractivity contribution >= 4 is 46.1 Å². The fraction of sp³-hybridized carbons (Fsp3) is 0.273. The van der Waals surface area contributed by atoms with Gasteiger partial charge in [0.1, 0.15) is 10.4 Å². The lowest BCUT2D eigenvalue weighted by Gasteiger charge is -2.35. The lowest BCUT2D eigenvalue weighted by Crippen LogP contribution is -2.34. The van der Waals surface area contributed by atoms with Gasteiger partial charge >= 0.3 is 5.97 Å². The third-order valence-electron chi connectivity index (χ3n) is 5.28. The second-order valence-electron chi connectivity index (χ2n) is 7.11.